The third-order valence-electron chi connectivity index (χ3n) is 22.0. The van der Waals surface area contributed by atoms with Crippen molar-refractivity contribution in [1.29, 1.82) is 0 Å². The van der Waals surface area contributed by atoms with Crippen LogP contribution in [0.5, 0.6) is 0 Å². The lowest BCUT2D eigenvalue weighted by Crippen LogP contribution is -2.65. The van der Waals surface area contributed by atoms with Crippen LogP contribution in [-0.4, -0.2) is 139 Å². The van der Waals surface area contributed by atoms with Gasteiger partial charge >= 0.3 is 23.9 Å². The van der Waals surface area contributed by atoms with Gasteiger partial charge in [0, 0.05) is 35.0 Å². The molecule has 16 heteroatoms. The highest BCUT2D eigenvalue weighted by Crippen LogP contribution is 2.45. The van der Waals surface area contributed by atoms with E-state index >= 15 is 0 Å². The molecule has 0 N–H and O–H groups in total. The molecule has 0 amide bonds. The molecule has 4 aliphatic heterocycles. The summed E-state index contributed by atoms with van der Waals surface area (Å²) in [5.74, 6) is -0.925. The van der Waals surface area contributed by atoms with Gasteiger partial charge in [0.2, 0.25) is 0 Å². The van der Waals surface area contributed by atoms with E-state index in [0.29, 0.717) is 39.3 Å². The maximum absolute atomic E-state index is 13.0. The summed E-state index contributed by atoms with van der Waals surface area (Å²) in [6.45, 7) is 46.4. The Hall–Kier alpha value is -2.44. The summed E-state index contributed by atoms with van der Waals surface area (Å²) in [5.41, 5.74) is -2.27. The number of piperidine rings is 4. The molecule has 16 nitrogen and oxygen atoms in total. The molecule has 0 spiro atoms. The van der Waals surface area contributed by atoms with Crippen LogP contribution in [0.3, 0.4) is 0 Å². The molecule has 0 aromatic carbocycles. The highest BCUT2D eigenvalue weighted by Gasteiger charge is 2.54. The fourth-order valence-electron chi connectivity index (χ4n) is 16.0. The Morgan fingerprint density at radius 1 is 0.255 bits per heavy atom. The Bertz CT molecular complexity index is 2050. The topological polar surface area (TPSA) is 155 Å². The second-order valence-corrected chi connectivity index (χ2v) is 34.6. The summed E-state index contributed by atoms with van der Waals surface area (Å²) in [4.78, 5) is 77.3. The minimum Gasteiger partial charge on any atom is -0.460 e. The van der Waals surface area contributed by atoms with Crippen molar-refractivity contribution >= 4 is 23.9 Å². The van der Waals surface area contributed by atoms with Gasteiger partial charge in [0.05, 0.1) is 61.4 Å². The number of unbranched alkanes of at least 4 members (excludes halogenated alkanes) is 25. The smallest absolute Gasteiger partial charge is 0.306 e. The predicted molar refractivity (Wildman–Crippen MR) is 400 cm³/mol. The Morgan fingerprint density at radius 3 is 0.633 bits per heavy atom. The molecule has 4 aliphatic rings. The number of nitrogens with zero attached hydrogens (tertiary/aromatic N) is 4. The average molecular weight is 1390 g/mol. The Labute approximate surface area is 602 Å². The van der Waals surface area contributed by atoms with Gasteiger partial charge in [-0.3, -0.25) is 38.5 Å². The maximum Gasteiger partial charge on any atom is 0.306 e. The summed E-state index contributed by atoms with van der Waals surface area (Å²) in [6, 6.07) is 0. The Kier molecular flexibility index (Phi) is 41.3. The van der Waals surface area contributed by atoms with Crippen LogP contribution in [0.25, 0.3) is 0 Å². The molecule has 4 atom stereocenters. The quantitative estimate of drug-likeness (QED) is 0.0322. The lowest BCUT2D eigenvalue weighted by atomic mass is 9.79. The zero-order chi connectivity index (χ0) is 73.1. The first-order valence-corrected chi connectivity index (χ1v) is 40.7. The van der Waals surface area contributed by atoms with Gasteiger partial charge in [0.25, 0.3) is 0 Å². The zero-order valence-corrected chi connectivity index (χ0v) is 67.5. The molecule has 0 bridgehead atoms. The van der Waals surface area contributed by atoms with E-state index in [1.54, 1.807) is 0 Å². The van der Waals surface area contributed by atoms with Crippen molar-refractivity contribution in [2.75, 3.05) is 26.4 Å². The van der Waals surface area contributed by atoms with Crippen LogP contribution < -0.4 is 0 Å². The van der Waals surface area contributed by atoms with E-state index in [4.69, 9.17) is 38.3 Å². The Morgan fingerprint density at radius 2 is 0.429 bits per heavy atom. The SMILES string of the molecule is CCCCCCCCON1C(C)(C)CCC(OC(=O)CCC(=O)OC2CCC(C)(C)N(OCCCCCCCC)C2(C)C)C1(C)C.CCCCCCCCON1C(C)(C)CCC(OC(=O)CCCCCCCCC(=O)OC2CCC(C)(C)N(OCCCCCCCC)C2(C)C)C1(C)C. The molecule has 4 rings (SSSR count). The van der Waals surface area contributed by atoms with Gasteiger partial charge in [-0.1, -0.05) is 182 Å². The molecule has 576 valence electrons. The maximum atomic E-state index is 13.0. The van der Waals surface area contributed by atoms with Crippen molar-refractivity contribution in [2.24, 2.45) is 0 Å². The summed E-state index contributed by atoms with van der Waals surface area (Å²) >= 11 is 0. The molecule has 0 radical (unpaired) electrons. The number of hydroxylamine groups is 8. The molecule has 0 aromatic heterocycles. The third kappa shape index (κ3) is 30.7. The monoisotopic (exact) mass is 1390 g/mol. The van der Waals surface area contributed by atoms with Gasteiger partial charge < -0.3 is 18.9 Å². The van der Waals surface area contributed by atoms with Gasteiger partial charge in [-0.25, -0.2) is 0 Å². The lowest BCUT2D eigenvalue weighted by Gasteiger charge is -2.54. The van der Waals surface area contributed by atoms with Crippen LogP contribution in [0.2, 0.25) is 0 Å². The van der Waals surface area contributed by atoms with Gasteiger partial charge in [-0.15, -0.1) is 0 Å². The number of carbonyl (C=O) groups is 4. The van der Waals surface area contributed by atoms with Crippen molar-refractivity contribution in [3.05, 3.63) is 0 Å². The first kappa shape index (κ1) is 89.8. The van der Waals surface area contributed by atoms with Gasteiger partial charge in [-0.05, 0) is 201 Å². The largest absolute Gasteiger partial charge is 0.460 e. The number of ether oxygens (including phenoxy) is 4. The van der Waals surface area contributed by atoms with E-state index in [2.05, 4.69) is 159 Å². The molecule has 98 heavy (non-hydrogen) atoms. The van der Waals surface area contributed by atoms with E-state index in [0.717, 1.165) is 116 Å². The van der Waals surface area contributed by atoms with Crippen LogP contribution in [0, 0.1) is 0 Å². The first-order chi connectivity index (χ1) is 46.2. The number of esters is 4. The summed E-state index contributed by atoms with van der Waals surface area (Å²) < 4.78 is 24.2. The molecular formula is C82H156N4O12. The van der Waals surface area contributed by atoms with E-state index in [-0.39, 0.29) is 94.4 Å². The molecular weight excluding hydrogens is 1230 g/mol. The number of rotatable bonds is 48. The van der Waals surface area contributed by atoms with E-state index in [1.807, 2.05) is 0 Å². The summed E-state index contributed by atoms with van der Waals surface area (Å²) in [7, 11) is 0. The molecule has 4 unspecified atom stereocenters. The average Bonchev–Trinajstić information content (AvgIpc) is 0.794. The summed E-state index contributed by atoms with van der Waals surface area (Å²) in [5, 5.41) is 8.38. The van der Waals surface area contributed by atoms with Crippen LogP contribution in [0.4, 0.5) is 0 Å². The lowest BCUT2D eigenvalue weighted by molar-refractivity contribution is -0.304. The number of hydrogen-bond donors (Lipinski definition) is 0. The first-order valence-electron chi connectivity index (χ1n) is 40.7. The molecule has 4 fully saturated rings. The molecule has 0 saturated carbocycles. The van der Waals surface area contributed by atoms with Crippen molar-refractivity contribution in [2.45, 2.75) is 477 Å². The second-order valence-electron chi connectivity index (χ2n) is 34.6. The highest BCUT2D eigenvalue weighted by atomic mass is 16.7. The summed E-state index contributed by atoms with van der Waals surface area (Å²) in [6.07, 6.45) is 41.9. The molecule has 0 aromatic rings. The number of carbonyl (C=O) groups excluding carboxylic acids is 4. The van der Waals surface area contributed by atoms with Gasteiger partial charge in [0.1, 0.15) is 24.4 Å². The molecule has 0 aliphatic carbocycles. The van der Waals surface area contributed by atoms with Crippen LogP contribution in [0.15, 0.2) is 0 Å². The van der Waals surface area contributed by atoms with E-state index < -0.39 is 11.1 Å². The van der Waals surface area contributed by atoms with Gasteiger partial charge in [-0.2, -0.15) is 20.3 Å². The number of hydrogen-bond acceptors (Lipinski definition) is 16. The van der Waals surface area contributed by atoms with Crippen LogP contribution in [-0.2, 0) is 57.5 Å². The normalized spacial score (nSPS) is 23.3. The zero-order valence-electron chi connectivity index (χ0n) is 67.5. The van der Waals surface area contributed by atoms with E-state index in [1.165, 1.54) is 128 Å². The second kappa shape index (κ2) is 45.0. The van der Waals surface area contributed by atoms with Crippen molar-refractivity contribution in [3.63, 3.8) is 0 Å². The minimum atomic E-state index is -0.488. The third-order valence-corrected chi connectivity index (χ3v) is 22.0. The van der Waals surface area contributed by atoms with Crippen LogP contribution in [0.1, 0.15) is 408 Å². The highest BCUT2D eigenvalue weighted by molar-refractivity contribution is 5.78. The minimum absolute atomic E-state index is 0.00428. The van der Waals surface area contributed by atoms with Crippen molar-refractivity contribution in [3.8, 4) is 0 Å². The van der Waals surface area contributed by atoms with Gasteiger partial charge in [0.15, 0.2) is 0 Å². The fraction of sp³-hybridized carbons (Fsp3) is 0.951. The van der Waals surface area contributed by atoms with Crippen LogP contribution >= 0.6 is 0 Å². The fourth-order valence-corrected chi connectivity index (χ4v) is 16.0. The van der Waals surface area contributed by atoms with Crippen molar-refractivity contribution in [1.82, 2.24) is 20.3 Å². The standard InChI is InChI=1S/C44H84N2O6.C38H72N2O6/c1-11-13-15-17-23-27-35-49-45-41(3,4)33-31-37(43(45,7)8)51-39(47)29-25-21-19-20-22-26-30-40(48)52-38-32-34-42(5,6)46(44(38,9)10)50-36-28-24-18-16-14-12-2;1-11-13-15-17-19-21-29-43-39-35(3,4)27-25-31(37(39,7)8)45-33(41)23-24-34(42)46-32-26-28-36(5,6)40(38(32,9)10)44-30-22-20-18-16-14-12-2/h37-38H,11-36H2,1-10H3;31-32H,11-30H2,1-10H3. The predicted octanol–water partition coefficient (Wildman–Crippen LogP) is 21.3. The van der Waals surface area contributed by atoms with E-state index in [9.17, 15) is 19.2 Å². The molecule has 4 heterocycles. The Balaban J connectivity index is 0.000000514. The molecule has 4 saturated heterocycles. The van der Waals surface area contributed by atoms with Crippen molar-refractivity contribution < 1.29 is 57.5 Å².